The molecule has 0 saturated carbocycles. The molecule has 1 N–H and O–H groups in total. The van der Waals surface area contributed by atoms with E-state index in [2.05, 4.69) is 4.90 Å². The van der Waals surface area contributed by atoms with Gasteiger partial charge >= 0.3 is 0 Å². The third-order valence-electron chi connectivity index (χ3n) is 6.38. The fraction of sp³-hybridized carbons (Fsp3) is 0.400. The molecule has 0 unspecified atom stereocenters. The Morgan fingerprint density at radius 3 is 2.31 bits per heavy atom. The van der Waals surface area contributed by atoms with Crippen molar-refractivity contribution in [2.75, 3.05) is 47.5 Å². The van der Waals surface area contributed by atoms with Crippen LogP contribution >= 0.6 is 0 Å². The zero-order valence-corrected chi connectivity index (χ0v) is 18.8. The molecule has 0 radical (unpaired) electrons. The summed E-state index contributed by atoms with van der Waals surface area (Å²) in [5.41, 5.74) is 2.77. The third-order valence-corrected chi connectivity index (χ3v) is 6.38. The van der Waals surface area contributed by atoms with Gasteiger partial charge in [-0.05, 0) is 29.7 Å². The number of rotatable bonds is 6. The number of carbonyl (C=O) groups excluding carboxylic acids is 1. The topological polar surface area (TPSA) is 71.5 Å². The molecule has 4 rings (SSSR count). The Labute approximate surface area is 188 Å². The van der Waals surface area contributed by atoms with E-state index in [1.165, 1.54) is 0 Å². The van der Waals surface area contributed by atoms with Gasteiger partial charge in [-0.2, -0.15) is 0 Å². The van der Waals surface area contributed by atoms with Gasteiger partial charge in [-0.1, -0.05) is 30.3 Å². The quantitative estimate of drug-likeness (QED) is 0.699. The van der Waals surface area contributed by atoms with Crippen LogP contribution in [0.25, 0.3) is 6.08 Å². The average molecular weight is 439 g/mol. The minimum Gasteiger partial charge on any atom is -0.493 e. The van der Waals surface area contributed by atoms with E-state index in [1.54, 1.807) is 27.4 Å². The molecule has 1 aliphatic carbocycles. The predicted molar refractivity (Wildman–Crippen MR) is 122 cm³/mol. The van der Waals surface area contributed by atoms with Crippen LogP contribution in [-0.2, 0) is 11.2 Å². The number of methoxy groups -OCH3 is 3. The summed E-state index contributed by atoms with van der Waals surface area (Å²) in [5, 5.41) is 11.1. The Morgan fingerprint density at radius 2 is 1.69 bits per heavy atom. The van der Waals surface area contributed by atoms with E-state index in [1.807, 2.05) is 47.4 Å². The van der Waals surface area contributed by atoms with Crippen molar-refractivity contribution in [2.45, 2.75) is 18.6 Å². The van der Waals surface area contributed by atoms with Crippen molar-refractivity contribution in [1.29, 1.82) is 0 Å². The van der Waals surface area contributed by atoms with Crippen molar-refractivity contribution in [3.63, 3.8) is 0 Å². The van der Waals surface area contributed by atoms with Gasteiger partial charge in [0.05, 0.1) is 27.4 Å². The molecule has 32 heavy (non-hydrogen) atoms. The van der Waals surface area contributed by atoms with E-state index in [4.69, 9.17) is 14.2 Å². The number of benzene rings is 2. The van der Waals surface area contributed by atoms with Crippen molar-refractivity contribution >= 4 is 12.0 Å². The minimum atomic E-state index is -0.654. The number of aliphatic hydroxyl groups excluding tert-OH is 1. The van der Waals surface area contributed by atoms with E-state index < -0.39 is 6.10 Å². The number of nitrogens with zero attached hydrogens (tertiary/aromatic N) is 2. The highest BCUT2D eigenvalue weighted by atomic mass is 16.5. The molecule has 0 bridgehead atoms. The van der Waals surface area contributed by atoms with Crippen molar-refractivity contribution in [3.05, 3.63) is 59.2 Å². The van der Waals surface area contributed by atoms with Crippen LogP contribution in [0.3, 0.4) is 0 Å². The molecule has 1 fully saturated rings. The van der Waals surface area contributed by atoms with Crippen LogP contribution in [0.4, 0.5) is 0 Å². The van der Waals surface area contributed by atoms with Crippen LogP contribution in [0.5, 0.6) is 17.2 Å². The normalized spacial score (nSPS) is 20.9. The fourth-order valence-corrected chi connectivity index (χ4v) is 4.68. The number of hydrogen-bond acceptors (Lipinski definition) is 6. The summed E-state index contributed by atoms with van der Waals surface area (Å²) in [6.45, 7) is 2.66. The van der Waals surface area contributed by atoms with Crippen LogP contribution in [0.2, 0.25) is 0 Å². The molecule has 2 aromatic rings. The van der Waals surface area contributed by atoms with E-state index in [-0.39, 0.29) is 11.9 Å². The number of amides is 1. The summed E-state index contributed by atoms with van der Waals surface area (Å²) < 4.78 is 16.6. The molecule has 1 amide bonds. The maximum Gasteiger partial charge on any atom is 0.246 e. The summed E-state index contributed by atoms with van der Waals surface area (Å²) in [4.78, 5) is 16.7. The van der Waals surface area contributed by atoms with E-state index in [0.717, 1.165) is 16.7 Å². The molecule has 2 aromatic carbocycles. The first-order valence-corrected chi connectivity index (χ1v) is 10.8. The van der Waals surface area contributed by atoms with Gasteiger partial charge in [0.2, 0.25) is 11.7 Å². The lowest BCUT2D eigenvalue weighted by Gasteiger charge is -2.38. The largest absolute Gasteiger partial charge is 0.493 e. The smallest absolute Gasteiger partial charge is 0.246 e. The SMILES string of the molecule is COc1cc2c(c(OC)c1OC)C[C@@H](N1CCN(C(=O)C=Cc3ccccc3)CC1)[C@@H]2O. The number of hydrogen-bond donors (Lipinski definition) is 1. The molecular weight excluding hydrogens is 408 g/mol. The second-order valence-electron chi connectivity index (χ2n) is 8.03. The minimum absolute atomic E-state index is 0.0138. The van der Waals surface area contributed by atoms with E-state index in [0.29, 0.717) is 49.8 Å². The molecule has 7 nitrogen and oxygen atoms in total. The maximum absolute atomic E-state index is 12.6. The molecule has 1 heterocycles. The van der Waals surface area contributed by atoms with Crippen LogP contribution in [0.15, 0.2) is 42.5 Å². The van der Waals surface area contributed by atoms with Gasteiger partial charge in [-0.15, -0.1) is 0 Å². The van der Waals surface area contributed by atoms with Crippen molar-refractivity contribution in [2.24, 2.45) is 0 Å². The Morgan fingerprint density at radius 1 is 1.00 bits per heavy atom. The van der Waals surface area contributed by atoms with Crippen molar-refractivity contribution in [3.8, 4) is 17.2 Å². The number of carbonyl (C=O) groups is 1. The zero-order chi connectivity index (χ0) is 22.7. The number of piperazine rings is 1. The highest BCUT2D eigenvalue weighted by Gasteiger charge is 2.40. The van der Waals surface area contributed by atoms with Crippen molar-refractivity contribution < 1.29 is 24.1 Å². The molecule has 1 saturated heterocycles. The number of fused-ring (bicyclic) bond motifs is 1. The first kappa shape index (κ1) is 22.2. The monoisotopic (exact) mass is 438 g/mol. The Balaban J connectivity index is 1.42. The van der Waals surface area contributed by atoms with Gasteiger partial charge in [0.1, 0.15) is 0 Å². The molecule has 0 aromatic heterocycles. The number of aliphatic hydroxyl groups is 1. The first-order chi connectivity index (χ1) is 15.6. The lowest BCUT2D eigenvalue weighted by molar-refractivity contribution is -0.128. The lowest BCUT2D eigenvalue weighted by atomic mass is 10.1. The molecule has 170 valence electrons. The Bertz CT molecular complexity index is 984. The van der Waals surface area contributed by atoms with Crippen molar-refractivity contribution in [1.82, 2.24) is 9.80 Å². The Hall–Kier alpha value is -3.03. The van der Waals surface area contributed by atoms with Crippen LogP contribution in [0, 0.1) is 0 Å². The molecule has 2 atom stereocenters. The highest BCUT2D eigenvalue weighted by molar-refractivity contribution is 5.91. The molecular formula is C25H30N2O5. The van der Waals surface area contributed by atoms with E-state index in [9.17, 15) is 9.90 Å². The van der Waals surface area contributed by atoms with Crippen LogP contribution in [0.1, 0.15) is 22.8 Å². The third kappa shape index (κ3) is 4.18. The standard InChI is InChI=1S/C25H30N2O5/c1-30-21-16-18-19(24(31-2)25(21)32-3)15-20(23(18)29)26-11-13-27(14-12-26)22(28)10-9-17-7-5-4-6-8-17/h4-10,16,20,23,29H,11-15H2,1-3H3/t20-,23-/m1/s1. The van der Waals surface area contributed by atoms with Gasteiger partial charge in [0, 0.05) is 43.9 Å². The van der Waals surface area contributed by atoms with Crippen LogP contribution in [-0.4, -0.2) is 74.4 Å². The summed E-state index contributed by atoms with van der Waals surface area (Å²) in [6, 6.07) is 11.6. The zero-order valence-electron chi connectivity index (χ0n) is 18.8. The summed E-state index contributed by atoms with van der Waals surface area (Å²) in [5.74, 6) is 1.72. The second kappa shape index (κ2) is 9.63. The molecule has 1 aliphatic heterocycles. The molecule has 0 spiro atoms. The van der Waals surface area contributed by atoms with Gasteiger partial charge in [-0.3, -0.25) is 9.69 Å². The van der Waals surface area contributed by atoms with Crippen LogP contribution < -0.4 is 14.2 Å². The Kier molecular flexibility index (Phi) is 6.67. The predicted octanol–water partition coefficient (Wildman–Crippen LogP) is 2.53. The first-order valence-electron chi connectivity index (χ1n) is 10.8. The lowest BCUT2D eigenvalue weighted by Crippen LogP contribution is -2.52. The van der Waals surface area contributed by atoms with Gasteiger partial charge in [0.25, 0.3) is 0 Å². The fourth-order valence-electron chi connectivity index (χ4n) is 4.68. The second-order valence-corrected chi connectivity index (χ2v) is 8.03. The molecule has 7 heteroatoms. The van der Waals surface area contributed by atoms with Gasteiger partial charge in [0.15, 0.2) is 11.5 Å². The molecule has 2 aliphatic rings. The maximum atomic E-state index is 12.6. The highest BCUT2D eigenvalue weighted by Crippen LogP contribution is 2.48. The van der Waals surface area contributed by atoms with Gasteiger partial charge in [-0.25, -0.2) is 0 Å². The summed E-state index contributed by atoms with van der Waals surface area (Å²) in [7, 11) is 4.76. The van der Waals surface area contributed by atoms with Gasteiger partial charge < -0.3 is 24.2 Å². The summed E-state index contributed by atoms with van der Waals surface area (Å²) in [6.07, 6.45) is 3.48. The van der Waals surface area contributed by atoms with E-state index >= 15 is 0 Å². The summed E-state index contributed by atoms with van der Waals surface area (Å²) >= 11 is 0. The average Bonchev–Trinajstić information content (AvgIpc) is 3.17. The number of ether oxygens (including phenoxy) is 3.